The molecule has 1 unspecified atom stereocenters. The lowest BCUT2D eigenvalue weighted by Gasteiger charge is -2.16. The first-order valence-corrected chi connectivity index (χ1v) is 12.7. The zero-order valence-electron chi connectivity index (χ0n) is 19.9. The predicted octanol–water partition coefficient (Wildman–Crippen LogP) is 8.96. The summed E-state index contributed by atoms with van der Waals surface area (Å²) in [6.07, 6.45) is 32.6. The first-order valence-electron chi connectivity index (χ1n) is 12.7. The lowest BCUT2D eigenvalue weighted by molar-refractivity contribution is 0.187. The highest BCUT2D eigenvalue weighted by Crippen LogP contribution is 2.14. The van der Waals surface area contributed by atoms with Gasteiger partial charge in [0.2, 0.25) is 0 Å². The van der Waals surface area contributed by atoms with E-state index in [2.05, 4.69) is 55.6 Å². The quantitative estimate of drug-likeness (QED) is 0.144. The molecule has 0 radical (unpaired) electrons. The maximum absolute atomic E-state index is 11.0. The summed E-state index contributed by atoms with van der Waals surface area (Å²) in [7, 11) is 0. The first-order chi connectivity index (χ1) is 14.7. The summed E-state index contributed by atoms with van der Waals surface area (Å²) in [5.74, 6) is 0. The molecule has 174 valence electrons. The van der Waals surface area contributed by atoms with Crippen LogP contribution in [0.1, 0.15) is 123 Å². The van der Waals surface area contributed by atoms with Gasteiger partial charge < -0.3 is 10.4 Å². The summed E-state index contributed by atoms with van der Waals surface area (Å²) in [5.41, 5.74) is 0. The Hall–Kier alpha value is -1.51. The number of nitrogens with one attached hydrogen (secondary N) is 1. The van der Waals surface area contributed by atoms with Crippen molar-refractivity contribution in [1.29, 1.82) is 0 Å². The van der Waals surface area contributed by atoms with Crippen molar-refractivity contribution < 1.29 is 9.90 Å². The minimum atomic E-state index is -0.878. The zero-order chi connectivity index (χ0) is 22.1. The Kier molecular flexibility index (Phi) is 22.6. The van der Waals surface area contributed by atoms with Crippen molar-refractivity contribution in [3.63, 3.8) is 0 Å². The molecule has 3 heteroatoms. The average molecular weight is 420 g/mol. The largest absolute Gasteiger partial charge is 0.465 e. The number of hydrogen-bond donors (Lipinski definition) is 2. The van der Waals surface area contributed by atoms with Gasteiger partial charge >= 0.3 is 6.09 Å². The smallest absolute Gasteiger partial charge is 0.404 e. The highest BCUT2D eigenvalue weighted by atomic mass is 16.4. The molecule has 0 bridgehead atoms. The maximum Gasteiger partial charge on any atom is 0.404 e. The van der Waals surface area contributed by atoms with Gasteiger partial charge in [0.15, 0.2) is 0 Å². The van der Waals surface area contributed by atoms with Gasteiger partial charge in [0.25, 0.3) is 0 Å². The van der Waals surface area contributed by atoms with E-state index in [4.69, 9.17) is 5.11 Å². The van der Waals surface area contributed by atoms with E-state index in [1.165, 1.54) is 77.0 Å². The molecule has 0 heterocycles. The van der Waals surface area contributed by atoms with Crippen molar-refractivity contribution in [3.8, 4) is 0 Å². The monoisotopic (exact) mass is 419 g/mol. The van der Waals surface area contributed by atoms with E-state index in [0.717, 1.165) is 32.1 Å². The third-order valence-corrected chi connectivity index (χ3v) is 5.49. The molecular formula is C27H49NO2. The molecule has 0 aromatic heterocycles. The number of unbranched alkanes of at least 4 members (excludes halogenated alkanes) is 12. The molecule has 2 N–H and O–H groups in total. The molecule has 0 rings (SSSR count). The second-order valence-electron chi connectivity index (χ2n) is 8.43. The van der Waals surface area contributed by atoms with Gasteiger partial charge in [-0.05, 0) is 38.5 Å². The fourth-order valence-corrected chi connectivity index (χ4v) is 3.63. The SMILES string of the molecule is CCCCCC=CC=CC=CCCCCCC(CCCCCCCCC)NC(=O)O. The second kappa shape index (κ2) is 23.8. The average Bonchev–Trinajstić information content (AvgIpc) is 2.72. The van der Waals surface area contributed by atoms with Crippen LogP contribution >= 0.6 is 0 Å². The molecule has 0 saturated heterocycles. The van der Waals surface area contributed by atoms with E-state index >= 15 is 0 Å². The second-order valence-corrected chi connectivity index (χ2v) is 8.43. The van der Waals surface area contributed by atoms with E-state index in [0.29, 0.717) is 0 Å². The lowest BCUT2D eigenvalue weighted by Crippen LogP contribution is -2.33. The summed E-state index contributed by atoms with van der Waals surface area (Å²) in [6.45, 7) is 4.47. The highest BCUT2D eigenvalue weighted by Gasteiger charge is 2.10. The molecule has 3 nitrogen and oxygen atoms in total. The Balaban J connectivity index is 3.73. The molecule has 1 atom stereocenters. The van der Waals surface area contributed by atoms with E-state index in [1.54, 1.807) is 0 Å². The van der Waals surface area contributed by atoms with E-state index in [1.807, 2.05) is 0 Å². The Bertz CT molecular complexity index is 454. The summed E-state index contributed by atoms with van der Waals surface area (Å²) in [6, 6.07) is 0.126. The molecule has 1 amide bonds. The minimum Gasteiger partial charge on any atom is -0.465 e. The van der Waals surface area contributed by atoms with Gasteiger partial charge in [0.05, 0.1) is 0 Å². The van der Waals surface area contributed by atoms with Crippen molar-refractivity contribution in [2.45, 2.75) is 129 Å². The molecule has 0 aliphatic carbocycles. The van der Waals surface area contributed by atoms with Crippen molar-refractivity contribution >= 4 is 6.09 Å². The van der Waals surface area contributed by atoms with Crippen LogP contribution < -0.4 is 5.32 Å². The maximum atomic E-state index is 11.0. The van der Waals surface area contributed by atoms with Crippen molar-refractivity contribution in [1.82, 2.24) is 5.32 Å². The molecule has 30 heavy (non-hydrogen) atoms. The van der Waals surface area contributed by atoms with Crippen LogP contribution in [0.2, 0.25) is 0 Å². The van der Waals surface area contributed by atoms with Gasteiger partial charge in [-0.15, -0.1) is 0 Å². The molecular weight excluding hydrogens is 370 g/mol. The van der Waals surface area contributed by atoms with Crippen LogP contribution in [0.15, 0.2) is 36.5 Å². The number of carboxylic acid groups (broad SMARTS) is 1. The Labute approximate surface area is 187 Å². The summed E-state index contributed by atoms with van der Waals surface area (Å²) >= 11 is 0. The van der Waals surface area contributed by atoms with Crippen LogP contribution in [-0.4, -0.2) is 17.2 Å². The Morgan fingerprint density at radius 2 is 1.10 bits per heavy atom. The van der Waals surface area contributed by atoms with E-state index in [-0.39, 0.29) is 6.04 Å². The molecule has 0 aromatic rings. The first kappa shape index (κ1) is 28.5. The lowest BCUT2D eigenvalue weighted by atomic mass is 10.0. The van der Waals surface area contributed by atoms with Crippen molar-refractivity contribution in [3.05, 3.63) is 36.5 Å². The van der Waals surface area contributed by atoms with Crippen LogP contribution in [-0.2, 0) is 0 Å². The van der Waals surface area contributed by atoms with E-state index < -0.39 is 6.09 Å². The van der Waals surface area contributed by atoms with Crippen LogP contribution in [0.3, 0.4) is 0 Å². The van der Waals surface area contributed by atoms with Crippen LogP contribution in [0.25, 0.3) is 0 Å². The Morgan fingerprint density at radius 1 is 0.667 bits per heavy atom. The molecule has 0 saturated carbocycles. The Morgan fingerprint density at radius 3 is 1.63 bits per heavy atom. The molecule has 0 spiro atoms. The normalized spacial score (nSPS) is 13.0. The zero-order valence-corrected chi connectivity index (χ0v) is 19.9. The van der Waals surface area contributed by atoms with Gasteiger partial charge in [0.1, 0.15) is 0 Å². The molecule has 0 aliphatic rings. The minimum absolute atomic E-state index is 0.126. The van der Waals surface area contributed by atoms with Crippen molar-refractivity contribution in [2.75, 3.05) is 0 Å². The van der Waals surface area contributed by atoms with Crippen molar-refractivity contribution in [2.24, 2.45) is 0 Å². The van der Waals surface area contributed by atoms with Crippen LogP contribution in [0.5, 0.6) is 0 Å². The van der Waals surface area contributed by atoms with Gasteiger partial charge in [-0.1, -0.05) is 121 Å². The molecule has 0 aliphatic heterocycles. The standard InChI is InChI=1S/C27H49NO2/c1-3-5-7-9-11-12-13-14-15-16-17-19-21-23-25-26(28-27(29)30)24-22-20-18-10-8-6-4-2/h11-16,26,28H,3-10,17-25H2,1-2H3,(H,29,30). The number of allylic oxidation sites excluding steroid dienone is 6. The highest BCUT2D eigenvalue weighted by molar-refractivity contribution is 5.64. The number of hydrogen-bond acceptors (Lipinski definition) is 1. The van der Waals surface area contributed by atoms with Crippen LogP contribution in [0.4, 0.5) is 4.79 Å². The van der Waals surface area contributed by atoms with Gasteiger partial charge in [0, 0.05) is 6.04 Å². The topological polar surface area (TPSA) is 49.3 Å². The number of amides is 1. The third-order valence-electron chi connectivity index (χ3n) is 5.49. The molecule has 0 fully saturated rings. The summed E-state index contributed by atoms with van der Waals surface area (Å²) < 4.78 is 0. The summed E-state index contributed by atoms with van der Waals surface area (Å²) in [4.78, 5) is 11.0. The molecule has 0 aromatic carbocycles. The summed E-state index contributed by atoms with van der Waals surface area (Å²) in [5, 5.41) is 11.8. The third kappa shape index (κ3) is 22.8. The fourth-order valence-electron chi connectivity index (χ4n) is 3.63. The number of carbonyl (C=O) groups is 1. The van der Waals surface area contributed by atoms with Gasteiger partial charge in [-0.2, -0.15) is 0 Å². The van der Waals surface area contributed by atoms with Crippen LogP contribution in [0, 0.1) is 0 Å². The fraction of sp³-hybridized carbons (Fsp3) is 0.741. The van der Waals surface area contributed by atoms with Gasteiger partial charge in [-0.25, -0.2) is 4.79 Å². The number of rotatable bonds is 21. The van der Waals surface area contributed by atoms with E-state index in [9.17, 15) is 4.79 Å². The predicted molar refractivity (Wildman–Crippen MR) is 132 cm³/mol. The van der Waals surface area contributed by atoms with Gasteiger partial charge in [-0.3, -0.25) is 0 Å².